The van der Waals surface area contributed by atoms with Gasteiger partial charge in [-0.15, -0.1) is 0 Å². The van der Waals surface area contributed by atoms with E-state index in [-0.39, 0.29) is 0 Å². The second kappa shape index (κ2) is 37.7. The van der Waals surface area contributed by atoms with Crippen LogP contribution in [0.15, 0.2) is 0 Å². The zero-order valence-corrected chi connectivity index (χ0v) is 33.2. The third-order valence-corrected chi connectivity index (χ3v) is 10.2. The Balaban J connectivity index is 5.29. The Morgan fingerprint density at radius 1 is 0.174 bits per heavy atom. The van der Waals surface area contributed by atoms with Gasteiger partial charge in [-0.05, 0) is 77.8 Å². The van der Waals surface area contributed by atoms with Gasteiger partial charge in [0.25, 0.3) is 0 Å². The van der Waals surface area contributed by atoms with E-state index in [2.05, 4.69) is 61.1 Å². The molecule has 0 fully saturated rings. The monoisotopic (exact) mass is 651 g/mol. The van der Waals surface area contributed by atoms with Crippen LogP contribution in [0.25, 0.3) is 0 Å². The van der Waals surface area contributed by atoms with Crippen molar-refractivity contribution in [3.8, 4) is 0 Å². The molecule has 0 aromatic heterocycles. The van der Waals surface area contributed by atoms with Gasteiger partial charge >= 0.3 is 0 Å². The molecule has 0 unspecified atom stereocenters. The van der Waals surface area contributed by atoms with Crippen LogP contribution < -0.4 is 0 Å². The third-order valence-electron chi connectivity index (χ3n) is 10.2. The molecule has 0 heterocycles. The fraction of sp³-hybridized carbons (Fsp3) is 1.00. The molecule has 0 aliphatic carbocycles. The van der Waals surface area contributed by atoms with Crippen molar-refractivity contribution >= 4 is 0 Å². The van der Waals surface area contributed by atoms with Crippen LogP contribution in [0.3, 0.4) is 0 Å². The minimum atomic E-state index is 1.26. The molecular weight excluding hydrogens is 560 g/mol. The van der Waals surface area contributed by atoms with Crippen LogP contribution in [-0.4, -0.2) is 98.1 Å². The van der Waals surface area contributed by atoms with Crippen LogP contribution >= 0.6 is 0 Å². The van der Waals surface area contributed by atoms with E-state index in [0.29, 0.717) is 0 Å². The van der Waals surface area contributed by atoms with Gasteiger partial charge in [0.2, 0.25) is 0 Å². The minimum absolute atomic E-state index is 1.26. The molecule has 0 aliphatic rings. The summed E-state index contributed by atoms with van der Waals surface area (Å²) in [6, 6.07) is 0. The van der Waals surface area contributed by atoms with E-state index < -0.39 is 0 Å². The predicted octanol–water partition coefficient (Wildman–Crippen LogP) is 11.7. The topological polar surface area (TPSA) is 13.0 Å². The fourth-order valence-corrected chi connectivity index (χ4v) is 6.76. The first kappa shape index (κ1) is 45.8. The van der Waals surface area contributed by atoms with Crippen molar-refractivity contribution in [1.29, 1.82) is 0 Å². The quantitative estimate of drug-likeness (QED) is 0.0614. The van der Waals surface area contributed by atoms with E-state index in [1.54, 1.807) is 0 Å². The summed E-state index contributed by atoms with van der Waals surface area (Å²) < 4.78 is 0. The maximum Gasteiger partial charge on any atom is 0.0110 e. The first-order chi connectivity index (χ1) is 22.6. The highest BCUT2D eigenvalue weighted by Gasteiger charge is 2.14. The second-order valence-electron chi connectivity index (χ2n) is 14.7. The largest absolute Gasteiger partial charge is 0.302 e. The zero-order valence-electron chi connectivity index (χ0n) is 33.2. The summed E-state index contributed by atoms with van der Waals surface area (Å²) >= 11 is 0. The molecule has 0 aliphatic heterocycles. The van der Waals surface area contributed by atoms with Crippen molar-refractivity contribution < 1.29 is 0 Å². The van der Waals surface area contributed by atoms with Crippen LogP contribution in [0.2, 0.25) is 0 Å². The van der Waals surface area contributed by atoms with Gasteiger partial charge in [-0.1, -0.05) is 157 Å². The highest BCUT2D eigenvalue weighted by Crippen LogP contribution is 2.10. The van der Waals surface area contributed by atoms with Gasteiger partial charge in [-0.2, -0.15) is 0 Å². The van der Waals surface area contributed by atoms with Crippen molar-refractivity contribution in [3.05, 3.63) is 0 Å². The average molecular weight is 651 g/mol. The molecule has 0 aromatic carbocycles. The highest BCUT2D eigenvalue weighted by atomic mass is 15.2. The number of hydrogen-bond donors (Lipinski definition) is 0. The van der Waals surface area contributed by atoms with Crippen LogP contribution in [0.5, 0.6) is 0 Å². The molecule has 0 spiro atoms. The van der Waals surface area contributed by atoms with Crippen LogP contribution in [-0.2, 0) is 0 Å². The molecule has 0 saturated carbocycles. The van der Waals surface area contributed by atoms with Crippen molar-refractivity contribution in [3.63, 3.8) is 0 Å². The lowest BCUT2D eigenvalue weighted by atomic mass is 10.1. The van der Waals surface area contributed by atoms with Gasteiger partial charge < -0.3 is 19.6 Å². The smallest absolute Gasteiger partial charge is 0.0110 e. The standard InChI is InChI=1S/C42H90N4/c1-7-13-19-25-31-43(32-26-20-14-8-2)37-39-45(35-29-23-17-11-5)41-42-46(36-30-24-18-12-6)40-38-44(33-27-21-15-9-3)34-28-22-16-10-4/h7-42H2,1-6H3. The molecule has 278 valence electrons. The van der Waals surface area contributed by atoms with Gasteiger partial charge in [0.05, 0.1) is 0 Å². The van der Waals surface area contributed by atoms with Crippen molar-refractivity contribution in [2.45, 2.75) is 196 Å². The number of unbranched alkanes of at least 4 members (excludes halogenated alkanes) is 18. The lowest BCUT2D eigenvalue weighted by Gasteiger charge is -2.32. The second-order valence-corrected chi connectivity index (χ2v) is 14.7. The Labute approximate surface area is 293 Å². The predicted molar refractivity (Wildman–Crippen MR) is 211 cm³/mol. The summed E-state index contributed by atoms with van der Waals surface area (Å²) in [5.74, 6) is 0. The van der Waals surface area contributed by atoms with E-state index >= 15 is 0 Å². The normalized spacial score (nSPS) is 12.1. The molecular formula is C42H90N4. The Kier molecular flexibility index (Phi) is 37.5. The van der Waals surface area contributed by atoms with E-state index in [9.17, 15) is 0 Å². The first-order valence-corrected chi connectivity index (χ1v) is 21.5. The van der Waals surface area contributed by atoms with Crippen LogP contribution in [0.1, 0.15) is 196 Å². The molecule has 0 aromatic rings. The van der Waals surface area contributed by atoms with Crippen molar-refractivity contribution in [2.24, 2.45) is 0 Å². The summed E-state index contributed by atoms with van der Waals surface area (Å²) in [5, 5.41) is 0. The summed E-state index contributed by atoms with van der Waals surface area (Å²) in [7, 11) is 0. The summed E-state index contributed by atoms with van der Waals surface area (Å²) in [5.41, 5.74) is 0. The summed E-state index contributed by atoms with van der Waals surface area (Å²) in [4.78, 5) is 11.4. The fourth-order valence-electron chi connectivity index (χ4n) is 6.76. The first-order valence-electron chi connectivity index (χ1n) is 21.5. The van der Waals surface area contributed by atoms with Crippen molar-refractivity contribution in [2.75, 3.05) is 78.5 Å². The number of nitrogens with zero attached hydrogens (tertiary/aromatic N) is 4. The molecule has 0 radical (unpaired) electrons. The minimum Gasteiger partial charge on any atom is -0.302 e. The number of hydrogen-bond acceptors (Lipinski definition) is 4. The Bertz CT molecular complexity index is 484. The molecule has 0 rings (SSSR count). The molecule has 0 N–H and O–H groups in total. The Hall–Kier alpha value is -0.160. The Morgan fingerprint density at radius 3 is 0.478 bits per heavy atom. The van der Waals surface area contributed by atoms with Gasteiger partial charge in [-0.25, -0.2) is 0 Å². The van der Waals surface area contributed by atoms with Crippen LogP contribution in [0, 0.1) is 0 Å². The molecule has 46 heavy (non-hydrogen) atoms. The van der Waals surface area contributed by atoms with E-state index in [0.717, 1.165) is 0 Å². The molecule has 0 saturated heterocycles. The molecule has 0 bridgehead atoms. The van der Waals surface area contributed by atoms with E-state index in [1.165, 1.54) is 233 Å². The number of rotatable bonds is 39. The SMILES string of the molecule is CCCCCCN(CCCCCC)CCN(CCCCCC)CCN(CCCCCC)CCN(CCCCCC)CCCCCC. The zero-order chi connectivity index (χ0) is 33.8. The van der Waals surface area contributed by atoms with Gasteiger partial charge in [0, 0.05) is 39.3 Å². The van der Waals surface area contributed by atoms with Crippen molar-refractivity contribution in [1.82, 2.24) is 19.6 Å². The average Bonchev–Trinajstić information content (AvgIpc) is 3.07. The molecule has 4 nitrogen and oxygen atoms in total. The molecule has 4 heteroatoms. The van der Waals surface area contributed by atoms with Crippen LogP contribution in [0.4, 0.5) is 0 Å². The van der Waals surface area contributed by atoms with Gasteiger partial charge in [0.1, 0.15) is 0 Å². The van der Waals surface area contributed by atoms with Gasteiger partial charge in [-0.3, -0.25) is 0 Å². The summed E-state index contributed by atoms with van der Waals surface area (Å²) in [6.45, 7) is 29.5. The summed E-state index contributed by atoms with van der Waals surface area (Å²) in [6.07, 6.45) is 33.1. The van der Waals surface area contributed by atoms with E-state index in [1.807, 2.05) is 0 Å². The molecule has 0 amide bonds. The Morgan fingerprint density at radius 2 is 0.326 bits per heavy atom. The lowest BCUT2D eigenvalue weighted by Crippen LogP contribution is -2.43. The van der Waals surface area contributed by atoms with E-state index in [4.69, 9.17) is 0 Å². The maximum atomic E-state index is 2.87. The molecule has 0 atom stereocenters. The van der Waals surface area contributed by atoms with Gasteiger partial charge in [0.15, 0.2) is 0 Å². The maximum absolute atomic E-state index is 2.87. The highest BCUT2D eigenvalue weighted by molar-refractivity contribution is 4.70. The third kappa shape index (κ3) is 31.1. The lowest BCUT2D eigenvalue weighted by molar-refractivity contribution is 0.155.